The van der Waals surface area contributed by atoms with Crippen LogP contribution in [0.3, 0.4) is 0 Å². The molecule has 2 rings (SSSR count). The molecule has 1 aromatic carbocycles. The van der Waals surface area contributed by atoms with Crippen molar-refractivity contribution in [3.05, 3.63) is 28.8 Å². The third-order valence-electron chi connectivity index (χ3n) is 3.08. The van der Waals surface area contributed by atoms with Crippen LogP contribution in [0.2, 0.25) is 5.02 Å². The lowest BCUT2D eigenvalue weighted by atomic mass is 10.1. The highest BCUT2D eigenvalue weighted by Gasteiger charge is 2.17. The zero-order valence-electron chi connectivity index (χ0n) is 9.58. The second-order valence-corrected chi connectivity index (χ2v) is 4.91. The third kappa shape index (κ3) is 2.69. The van der Waals surface area contributed by atoms with Crippen molar-refractivity contribution in [2.75, 3.05) is 0 Å². The first-order chi connectivity index (χ1) is 7.66. The Bertz CT molecular complexity index is 359. The summed E-state index contributed by atoms with van der Waals surface area (Å²) in [7, 11) is 0. The fourth-order valence-electron chi connectivity index (χ4n) is 2.08. The summed E-state index contributed by atoms with van der Waals surface area (Å²) < 4.78 is 5.87. The molecular weight excluding hydrogens is 222 g/mol. The molecule has 3 heteroatoms. The van der Waals surface area contributed by atoms with Crippen molar-refractivity contribution in [1.29, 1.82) is 0 Å². The van der Waals surface area contributed by atoms with Gasteiger partial charge in [0, 0.05) is 6.04 Å². The topological polar surface area (TPSA) is 35.2 Å². The van der Waals surface area contributed by atoms with Gasteiger partial charge in [0.05, 0.1) is 11.1 Å². The van der Waals surface area contributed by atoms with Crippen LogP contribution in [0, 0.1) is 0 Å². The molecule has 0 saturated heterocycles. The van der Waals surface area contributed by atoms with Crippen molar-refractivity contribution in [2.45, 2.75) is 44.8 Å². The molecule has 1 aliphatic carbocycles. The second-order valence-electron chi connectivity index (χ2n) is 4.50. The van der Waals surface area contributed by atoms with Gasteiger partial charge >= 0.3 is 0 Å². The Kier molecular flexibility index (Phi) is 3.72. The number of nitrogens with two attached hydrogens (primary N) is 1. The summed E-state index contributed by atoms with van der Waals surface area (Å²) in [4.78, 5) is 0. The molecule has 1 aliphatic rings. The van der Waals surface area contributed by atoms with E-state index >= 15 is 0 Å². The summed E-state index contributed by atoms with van der Waals surface area (Å²) in [5.41, 5.74) is 6.84. The van der Waals surface area contributed by atoms with E-state index in [0.717, 1.165) is 24.2 Å². The summed E-state index contributed by atoms with van der Waals surface area (Å²) in [6.45, 7) is 1.95. The Morgan fingerprint density at radius 1 is 1.38 bits per heavy atom. The maximum atomic E-state index is 6.17. The summed E-state index contributed by atoms with van der Waals surface area (Å²) in [5, 5.41) is 0.668. The van der Waals surface area contributed by atoms with Gasteiger partial charge in [0.15, 0.2) is 0 Å². The number of ether oxygens (including phenoxy) is 1. The molecule has 1 saturated carbocycles. The summed E-state index contributed by atoms with van der Waals surface area (Å²) in [5.74, 6) is 0.790. The molecule has 0 heterocycles. The highest BCUT2D eigenvalue weighted by atomic mass is 35.5. The lowest BCUT2D eigenvalue weighted by Crippen LogP contribution is -2.11. The minimum Gasteiger partial charge on any atom is -0.489 e. The van der Waals surface area contributed by atoms with E-state index in [1.807, 2.05) is 25.1 Å². The Morgan fingerprint density at radius 3 is 2.62 bits per heavy atom. The first-order valence-electron chi connectivity index (χ1n) is 5.88. The predicted molar refractivity (Wildman–Crippen MR) is 66.9 cm³/mol. The largest absolute Gasteiger partial charge is 0.489 e. The highest BCUT2D eigenvalue weighted by Crippen LogP contribution is 2.31. The quantitative estimate of drug-likeness (QED) is 0.873. The average Bonchev–Trinajstić information content (AvgIpc) is 2.73. The fourth-order valence-corrected chi connectivity index (χ4v) is 2.32. The van der Waals surface area contributed by atoms with Crippen molar-refractivity contribution in [1.82, 2.24) is 0 Å². The molecule has 1 aromatic rings. The third-order valence-corrected chi connectivity index (χ3v) is 3.37. The zero-order chi connectivity index (χ0) is 11.5. The van der Waals surface area contributed by atoms with Crippen LogP contribution in [0.25, 0.3) is 0 Å². The van der Waals surface area contributed by atoms with E-state index in [0.29, 0.717) is 11.1 Å². The Morgan fingerprint density at radius 2 is 2.06 bits per heavy atom. The molecule has 0 aromatic heterocycles. The van der Waals surface area contributed by atoms with Crippen LogP contribution in [0.5, 0.6) is 5.75 Å². The van der Waals surface area contributed by atoms with E-state index in [1.54, 1.807) is 0 Å². The molecule has 0 radical (unpaired) electrons. The van der Waals surface area contributed by atoms with Gasteiger partial charge < -0.3 is 10.5 Å². The normalized spacial score (nSPS) is 18.7. The first kappa shape index (κ1) is 11.7. The minimum atomic E-state index is 0.0121. The van der Waals surface area contributed by atoms with Gasteiger partial charge in [-0.1, -0.05) is 17.7 Å². The van der Waals surface area contributed by atoms with Crippen LogP contribution in [0.4, 0.5) is 0 Å². The van der Waals surface area contributed by atoms with Crippen LogP contribution in [-0.2, 0) is 0 Å². The van der Waals surface area contributed by atoms with Gasteiger partial charge in [0.25, 0.3) is 0 Å². The van der Waals surface area contributed by atoms with Gasteiger partial charge in [-0.15, -0.1) is 0 Å². The number of benzene rings is 1. The van der Waals surface area contributed by atoms with Crippen molar-refractivity contribution in [3.8, 4) is 5.75 Å². The highest BCUT2D eigenvalue weighted by molar-refractivity contribution is 6.32. The van der Waals surface area contributed by atoms with Gasteiger partial charge in [-0.2, -0.15) is 0 Å². The molecule has 88 valence electrons. The van der Waals surface area contributed by atoms with Crippen LogP contribution in [0.1, 0.15) is 44.2 Å². The lowest BCUT2D eigenvalue weighted by molar-refractivity contribution is 0.210. The van der Waals surface area contributed by atoms with Crippen molar-refractivity contribution < 1.29 is 4.74 Å². The SMILES string of the molecule is C[C@H](N)c1ccc(OC2CCCC2)c(Cl)c1. The fraction of sp³-hybridized carbons (Fsp3) is 0.538. The van der Waals surface area contributed by atoms with Gasteiger partial charge in [0.2, 0.25) is 0 Å². The smallest absolute Gasteiger partial charge is 0.138 e. The second kappa shape index (κ2) is 5.07. The molecular formula is C13H18ClNO. The average molecular weight is 240 g/mol. The molecule has 1 fully saturated rings. The van der Waals surface area contributed by atoms with E-state index in [1.165, 1.54) is 12.8 Å². The van der Waals surface area contributed by atoms with Crippen LogP contribution < -0.4 is 10.5 Å². The van der Waals surface area contributed by atoms with Gasteiger partial charge in [-0.25, -0.2) is 0 Å². The van der Waals surface area contributed by atoms with E-state index in [2.05, 4.69) is 0 Å². The zero-order valence-corrected chi connectivity index (χ0v) is 10.3. The van der Waals surface area contributed by atoms with Crippen molar-refractivity contribution in [2.24, 2.45) is 5.73 Å². The predicted octanol–water partition coefficient (Wildman–Crippen LogP) is 3.68. The number of hydrogen-bond acceptors (Lipinski definition) is 2. The molecule has 0 aliphatic heterocycles. The van der Waals surface area contributed by atoms with Crippen molar-refractivity contribution in [3.63, 3.8) is 0 Å². The van der Waals surface area contributed by atoms with E-state index < -0.39 is 0 Å². The van der Waals surface area contributed by atoms with E-state index in [-0.39, 0.29) is 6.04 Å². The molecule has 16 heavy (non-hydrogen) atoms. The molecule has 0 amide bonds. The van der Waals surface area contributed by atoms with Crippen LogP contribution in [0.15, 0.2) is 18.2 Å². The van der Waals surface area contributed by atoms with Gasteiger partial charge in [-0.05, 0) is 50.3 Å². The first-order valence-corrected chi connectivity index (χ1v) is 6.26. The van der Waals surface area contributed by atoms with E-state index in [9.17, 15) is 0 Å². The van der Waals surface area contributed by atoms with Crippen LogP contribution >= 0.6 is 11.6 Å². The molecule has 0 spiro atoms. The summed E-state index contributed by atoms with van der Waals surface area (Å²) in [6.07, 6.45) is 5.16. The Balaban J connectivity index is 2.09. The van der Waals surface area contributed by atoms with Crippen molar-refractivity contribution >= 4 is 11.6 Å². The number of halogens is 1. The van der Waals surface area contributed by atoms with Gasteiger partial charge in [0.1, 0.15) is 5.75 Å². The minimum absolute atomic E-state index is 0.0121. The number of rotatable bonds is 3. The standard InChI is InChI=1S/C13H18ClNO/c1-9(15)10-6-7-13(12(14)8-10)16-11-4-2-3-5-11/h6-9,11H,2-5,15H2,1H3/t9-/m0/s1. The van der Waals surface area contributed by atoms with Crippen LogP contribution in [-0.4, -0.2) is 6.10 Å². The summed E-state index contributed by atoms with van der Waals surface area (Å²) >= 11 is 6.17. The van der Waals surface area contributed by atoms with E-state index in [4.69, 9.17) is 22.1 Å². The molecule has 0 bridgehead atoms. The summed E-state index contributed by atoms with van der Waals surface area (Å²) in [6, 6.07) is 5.83. The molecule has 2 N–H and O–H groups in total. The monoisotopic (exact) mass is 239 g/mol. The lowest BCUT2D eigenvalue weighted by Gasteiger charge is -2.15. The maximum Gasteiger partial charge on any atom is 0.138 e. The molecule has 1 atom stereocenters. The Labute approximate surface area is 102 Å². The molecule has 2 nitrogen and oxygen atoms in total. The Hall–Kier alpha value is -0.730. The van der Waals surface area contributed by atoms with Gasteiger partial charge in [-0.3, -0.25) is 0 Å². The number of hydrogen-bond donors (Lipinski definition) is 1. The maximum absolute atomic E-state index is 6.17. The molecule has 0 unspecified atom stereocenters.